The molecule has 0 saturated carbocycles. The minimum atomic E-state index is -1.47. The monoisotopic (exact) mass is 400 g/mol. The van der Waals surface area contributed by atoms with E-state index < -0.39 is 52.3 Å². The maximum atomic E-state index is 14.4. The largest absolute Gasteiger partial charge is 0.507 e. The minimum Gasteiger partial charge on any atom is -0.507 e. The Kier molecular flexibility index (Phi) is 5.09. The Morgan fingerprint density at radius 2 is 1.72 bits per heavy atom. The predicted octanol–water partition coefficient (Wildman–Crippen LogP) is 2.24. The predicted molar refractivity (Wildman–Crippen MR) is 96.1 cm³/mol. The molecular formula is C19H13FN2O7. The highest BCUT2D eigenvalue weighted by Gasteiger charge is 2.47. The number of rotatable bonds is 5. The van der Waals surface area contributed by atoms with E-state index >= 15 is 0 Å². The molecule has 3 rings (SSSR count). The summed E-state index contributed by atoms with van der Waals surface area (Å²) in [6, 6.07) is 8.17. The lowest BCUT2D eigenvalue weighted by atomic mass is 9.95. The molecule has 1 aliphatic heterocycles. The van der Waals surface area contributed by atoms with Crippen LogP contribution in [-0.2, 0) is 14.4 Å². The standard InChI is InChI=1S/C19H13FN2O7/c20-13-4-2-1-3-12(13)16-15(18(26)19(27)21(16)9-14(23)24)17(25)10-5-7-11(8-6-10)22(28)29/h1-8,16,25H,9H2,(H,23,24)/b17-15+/t16-/m1/s1. The number of carbonyl (C=O) groups is 3. The second kappa shape index (κ2) is 7.50. The first-order valence-electron chi connectivity index (χ1n) is 8.21. The lowest BCUT2D eigenvalue weighted by Gasteiger charge is -2.24. The summed E-state index contributed by atoms with van der Waals surface area (Å²) in [5.41, 5.74) is -0.963. The van der Waals surface area contributed by atoms with Crippen molar-refractivity contribution in [3.05, 3.63) is 81.2 Å². The number of nitro groups is 1. The Balaban J connectivity index is 2.20. The molecule has 2 aromatic carbocycles. The van der Waals surface area contributed by atoms with Crippen LogP contribution in [0.5, 0.6) is 0 Å². The number of aliphatic carboxylic acids is 1. The third kappa shape index (κ3) is 3.55. The van der Waals surface area contributed by atoms with Crippen LogP contribution in [0, 0.1) is 15.9 Å². The van der Waals surface area contributed by atoms with Crippen molar-refractivity contribution in [3.8, 4) is 0 Å². The number of nitrogens with zero attached hydrogens (tertiary/aromatic N) is 2. The molecule has 9 nitrogen and oxygen atoms in total. The number of carbonyl (C=O) groups excluding carboxylic acids is 2. The number of hydrogen-bond acceptors (Lipinski definition) is 6. The normalized spacial score (nSPS) is 18.1. The topological polar surface area (TPSA) is 138 Å². The summed E-state index contributed by atoms with van der Waals surface area (Å²) in [6.07, 6.45) is 0. The number of hydrogen-bond donors (Lipinski definition) is 2. The quantitative estimate of drug-likeness (QED) is 0.258. The first-order valence-corrected chi connectivity index (χ1v) is 8.21. The third-order valence-corrected chi connectivity index (χ3v) is 4.40. The molecule has 2 aromatic rings. The number of amides is 1. The third-order valence-electron chi connectivity index (χ3n) is 4.40. The minimum absolute atomic E-state index is 0.0229. The van der Waals surface area contributed by atoms with Crippen LogP contribution in [0.1, 0.15) is 17.2 Å². The molecule has 1 aliphatic rings. The van der Waals surface area contributed by atoms with E-state index in [0.29, 0.717) is 4.90 Å². The van der Waals surface area contributed by atoms with Gasteiger partial charge in [0, 0.05) is 23.3 Å². The van der Waals surface area contributed by atoms with Gasteiger partial charge in [-0.3, -0.25) is 24.5 Å². The van der Waals surface area contributed by atoms with E-state index in [4.69, 9.17) is 5.11 Å². The Hall–Kier alpha value is -4.08. The van der Waals surface area contributed by atoms with Crippen molar-refractivity contribution >= 4 is 29.1 Å². The number of nitro benzene ring substituents is 1. The maximum absolute atomic E-state index is 14.4. The number of non-ortho nitro benzene ring substituents is 1. The van der Waals surface area contributed by atoms with Gasteiger partial charge in [0.1, 0.15) is 18.1 Å². The molecule has 1 atom stereocenters. The second-order valence-corrected chi connectivity index (χ2v) is 6.15. The van der Waals surface area contributed by atoms with Crippen molar-refractivity contribution in [2.24, 2.45) is 0 Å². The van der Waals surface area contributed by atoms with Gasteiger partial charge in [-0.05, 0) is 18.2 Å². The van der Waals surface area contributed by atoms with E-state index in [1.54, 1.807) is 0 Å². The smallest absolute Gasteiger partial charge is 0.323 e. The van der Waals surface area contributed by atoms with Crippen molar-refractivity contribution < 1.29 is 33.9 Å². The van der Waals surface area contributed by atoms with Gasteiger partial charge >= 0.3 is 5.97 Å². The van der Waals surface area contributed by atoms with Crippen LogP contribution in [0.4, 0.5) is 10.1 Å². The number of halogens is 1. The lowest BCUT2D eigenvalue weighted by Crippen LogP contribution is -2.34. The molecule has 1 heterocycles. The summed E-state index contributed by atoms with van der Waals surface area (Å²) in [6.45, 7) is -0.888. The van der Waals surface area contributed by atoms with Gasteiger partial charge in [0.2, 0.25) is 0 Å². The van der Waals surface area contributed by atoms with Crippen molar-refractivity contribution in [1.29, 1.82) is 0 Å². The van der Waals surface area contributed by atoms with Gasteiger partial charge in [-0.1, -0.05) is 18.2 Å². The Morgan fingerprint density at radius 1 is 1.10 bits per heavy atom. The van der Waals surface area contributed by atoms with Gasteiger partial charge in [-0.2, -0.15) is 0 Å². The van der Waals surface area contributed by atoms with Crippen LogP contribution in [0.2, 0.25) is 0 Å². The van der Waals surface area contributed by atoms with E-state index in [2.05, 4.69) is 0 Å². The van der Waals surface area contributed by atoms with Gasteiger partial charge in [-0.15, -0.1) is 0 Å². The van der Waals surface area contributed by atoms with Crippen molar-refractivity contribution in [2.45, 2.75) is 6.04 Å². The van der Waals surface area contributed by atoms with Gasteiger partial charge in [0.05, 0.1) is 16.5 Å². The fourth-order valence-electron chi connectivity index (χ4n) is 3.11. The number of Topliss-reactive ketones (excluding diaryl/α,β-unsaturated/α-hetero) is 1. The zero-order valence-electron chi connectivity index (χ0n) is 14.6. The first kappa shape index (κ1) is 19.7. The molecule has 2 N–H and O–H groups in total. The molecule has 1 fully saturated rings. The van der Waals surface area contributed by atoms with E-state index in [1.807, 2.05) is 0 Å². The van der Waals surface area contributed by atoms with E-state index in [-0.39, 0.29) is 16.8 Å². The van der Waals surface area contributed by atoms with E-state index in [0.717, 1.165) is 30.3 Å². The van der Waals surface area contributed by atoms with Crippen LogP contribution in [-0.4, -0.2) is 44.2 Å². The van der Waals surface area contributed by atoms with Gasteiger partial charge < -0.3 is 15.1 Å². The summed E-state index contributed by atoms with van der Waals surface area (Å²) in [7, 11) is 0. The molecule has 0 radical (unpaired) electrons. The average Bonchev–Trinajstić information content (AvgIpc) is 2.92. The maximum Gasteiger partial charge on any atom is 0.323 e. The fraction of sp³-hybridized carbons (Fsp3) is 0.105. The van der Waals surface area contributed by atoms with Crippen molar-refractivity contribution in [2.75, 3.05) is 6.54 Å². The summed E-state index contributed by atoms with van der Waals surface area (Å²) < 4.78 is 14.4. The Bertz CT molecular complexity index is 1060. The highest BCUT2D eigenvalue weighted by atomic mass is 19.1. The molecule has 0 bridgehead atoms. The Morgan fingerprint density at radius 3 is 2.28 bits per heavy atom. The number of aliphatic hydroxyl groups excluding tert-OH is 1. The van der Waals surface area contributed by atoms with Crippen LogP contribution < -0.4 is 0 Å². The molecule has 0 spiro atoms. The van der Waals surface area contributed by atoms with Crippen LogP contribution in [0.3, 0.4) is 0 Å². The van der Waals surface area contributed by atoms with Gasteiger partial charge in [0.25, 0.3) is 17.4 Å². The molecule has 29 heavy (non-hydrogen) atoms. The second-order valence-electron chi connectivity index (χ2n) is 6.15. The highest BCUT2D eigenvalue weighted by molar-refractivity contribution is 6.46. The fourth-order valence-corrected chi connectivity index (χ4v) is 3.11. The number of benzene rings is 2. The van der Waals surface area contributed by atoms with Crippen LogP contribution >= 0.6 is 0 Å². The van der Waals surface area contributed by atoms with Gasteiger partial charge in [-0.25, -0.2) is 4.39 Å². The number of aliphatic hydroxyl groups is 1. The van der Waals surface area contributed by atoms with E-state index in [9.17, 15) is 34.0 Å². The molecule has 0 aliphatic carbocycles. The molecular weight excluding hydrogens is 387 g/mol. The summed E-state index contributed by atoms with van der Waals surface area (Å²) in [5.74, 6) is -5.31. The number of carboxylic acid groups (broad SMARTS) is 1. The molecule has 1 saturated heterocycles. The molecule has 0 unspecified atom stereocenters. The molecule has 148 valence electrons. The number of likely N-dealkylation sites (tertiary alicyclic amines) is 1. The molecule has 10 heteroatoms. The van der Waals surface area contributed by atoms with E-state index in [1.165, 1.54) is 18.2 Å². The SMILES string of the molecule is O=C(O)CN1C(=O)C(=O)/C(=C(/O)c2ccc([N+](=O)[O-])cc2)[C@H]1c1ccccc1F. The summed E-state index contributed by atoms with van der Waals surface area (Å²) >= 11 is 0. The Labute approximate surface area is 162 Å². The first-order chi connectivity index (χ1) is 13.7. The van der Waals surface area contributed by atoms with Crippen molar-refractivity contribution in [3.63, 3.8) is 0 Å². The molecule has 1 amide bonds. The van der Waals surface area contributed by atoms with Crippen LogP contribution in [0.15, 0.2) is 54.1 Å². The molecule has 0 aromatic heterocycles. The summed E-state index contributed by atoms with van der Waals surface area (Å²) in [5, 5.41) is 30.5. The zero-order chi connectivity index (χ0) is 21.3. The average molecular weight is 400 g/mol. The lowest BCUT2D eigenvalue weighted by molar-refractivity contribution is -0.384. The van der Waals surface area contributed by atoms with Crippen molar-refractivity contribution in [1.82, 2.24) is 4.90 Å². The van der Waals surface area contributed by atoms with Crippen LogP contribution in [0.25, 0.3) is 5.76 Å². The summed E-state index contributed by atoms with van der Waals surface area (Å²) in [4.78, 5) is 46.9. The van der Waals surface area contributed by atoms with Gasteiger partial charge in [0.15, 0.2) is 0 Å². The zero-order valence-corrected chi connectivity index (χ0v) is 14.6. The number of ketones is 1. The highest BCUT2D eigenvalue weighted by Crippen LogP contribution is 2.40. The number of carboxylic acids is 1.